The minimum absolute atomic E-state index is 0.0301. The van der Waals surface area contributed by atoms with Gasteiger partial charge in [-0.1, -0.05) is 12.1 Å². The highest BCUT2D eigenvalue weighted by Gasteiger charge is 2.54. The summed E-state index contributed by atoms with van der Waals surface area (Å²) in [6, 6.07) is 5.47. The lowest BCUT2D eigenvalue weighted by Crippen LogP contribution is -2.53. The molecule has 1 aliphatic rings. The van der Waals surface area contributed by atoms with Crippen molar-refractivity contribution in [3.05, 3.63) is 35.6 Å². The standard InChI is InChI=1S/C14H17F4NO2/c15-11-3-1-2-10(8-11)12(20)9-19-6-4-13(21,5-7-19)14(16,17)18/h1-3,8,12,20-21H,4-7,9H2. The molecule has 0 radical (unpaired) electrons. The fourth-order valence-electron chi connectivity index (χ4n) is 2.45. The maximum absolute atomic E-state index is 13.1. The largest absolute Gasteiger partial charge is 0.417 e. The SMILES string of the molecule is OC(CN1CCC(O)(C(F)(F)F)CC1)c1cccc(F)c1. The van der Waals surface area contributed by atoms with Crippen molar-refractivity contribution in [2.24, 2.45) is 0 Å². The van der Waals surface area contributed by atoms with E-state index in [1.165, 1.54) is 18.2 Å². The van der Waals surface area contributed by atoms with Gasteiger partial charge >= 0.3 is 6.18 Å². The Kier molecular flexibility index (Phi) is 4.55. The van der Waals surface area contributed by atoms with Crippen LogP contribution in [0.3, 0.4) is 0 Å². The molecular weight excluding hydrogens is 290 g/mol. The monoisotopic (exact) mass is 307 g/mol. The van der Waals surface area contributed by atoms with E-state index in [9.17, 15) is 27.8 Å². The Labute approximate surface area is 119 Å². The number of rotatable bonds is 3. The van der Waals surface area contributed by atoms with E-state index in [0.29, 0.717) is 5.56 Å². The molecule has 1 aromatic rings. The van der Waals surface area contributed by atoms with Crippen molar-refractivity contribution in [3.63, 3.8) is 0 Å². The van der Waals surface area contributed by atoms with Crippen molar-refractivity contribution in [2.45, 2.75) is 30.7 Å². The van der Waals surface area contributed by atoms with E-state index in [4.69, 9.17) is 0 Å². The average Bonchev–Trinajstić information content (AvgIpc) is 2.40. The highest BCUT2D eigenvalue weighted by atomic mass is 19.4. The lowest BCUT2D eigenvalue weighted by atomic mass is 9.90. The topological polar surface area (TPSA) is 43.7 Å². The van der Waals surface area contributed by atoms with Crippen molar-refractivity contribution in [1.82, 2.24) is 4.90 Å². The summed E-state index contributed by atoms with van der Waals surface area (Å²) in [5.74, 6) is -0.475. The summed E-state index contributed by atoms with van der Waals surface area (Å²) in [6.45, 7) is 0.169. The van der Waals surface area contributed by atoms with Gasteiger partial charge in [0.15, 0.2) is 5.60 Å². The van der Waals surface area contributed by atoms with Gasteiger partial charge < -0.3 is 15.1 Å². The summed E-state index contributed by atoms with van der Waals surface area (Å²) >= 11 is 0. The zero-order valence-electron chi connectivity index (χ0n) is 11.3. The molecule has 0 bridgehead atoms. The van der Waals surface area contributed by atoms with Gasteiger partial charge in [0, 0.05) is 19.6 Å². The van der Waals surface area contributed by atoms with Gasteiger partial charge in [-0.25, -0.2) is 4.39 Å². The smallest absolute Gasteiger partial charge is 0.387 e. The molecule has 0 aliphatic carbocycles. The van der Waals surface area contributed by atoms with Gasteiger partial charge in [-0.2, -0.15) is 13.2 Å². The van der Waals surface area contributed by atoms with E-state index in [-0.39, 0.29) is 19.6 Å². The Morgan fingerprint density at radius 3 is 2.38 bits per heavy atom. The van der Waals surface area contributed by atoms with Crippen molar-refractivity contribution in [2.75, 3.05) is 19.6 Å². The highest BCUT2D eigenvalue weighted by Crippen LogP contribution is 2.38. The highest BCUT2D eigenvalue weighted by molar-refractivity contribution is 5.19. The van der Waals surface area contributed by atoms with Crippen LogP contribution in [0.25, 0.3) is 0 Å². The first-order valence-electron chi connectivity index (χ1n) is 6.66. The summed E-state index contributed by atoms with van der Waals surface area (Å²) in [5, 5.41) is 19.5. The van der Waals surface area contributed by atoms with Crippen LogP contribution in [-0.2, 0) is 0 Å². The lowest BCUT2D eigenvalue weighted by Gasteiger charge is -2.39. The Balaban J connectivity index is 1.92. The van der Waals surface area contributed by atoms with Gasteiger partial charge in [-0.05, 0) is 30.5 Å². The first-order valence-corrected chi connectivity index (χ1v) is 6.66. The van der Waals surface area contributed by atoms with Crippen LogP contribution in [0.1, 0.15) is 24.5 Å². The number of aliphatic hydroxyl groups is 2. The van der Waals surface area contributed by atoms with E-state index in [2.05, 4.69) is 0 Å². The molecular formula is C14H17F4NO2. The maximum atomic E-state index is 13.1. The molecule has 1 fully saturated rings. The number of hydrogen-bond donors (Lipinski definition) is 2. The summed E-state index contributed by atoms with van der Waals surface area (Å²) < 4.78 is 51.1. The van der Waals surface area contributed by atoms with Crippen LogP contribution in [-0.4, -0.2) is 46.5 Å². The fraction of sp³-hybridized carbons (Fsp3) is 0.571. The lowest BCUT2D eigenvalue weighted by molar-refractivity contribution is -0.273. The zero-order valence-corrected chi connectivity index (χ0v) is 11.3. The molecule has 0 saturated carbocycles. The molecule has 1 heterocycles. The van der Waals surface area contributed by atoms with Gasteiger partial charge in [-0.3, -0.25) is 0 Å². The summed E-state index contributed by atoms with van der Waals surface area (Å²) in [4.78, 5) is 1.63. The van der Waals surface area contributed by atoms with E-state index in [1.54, 1.807) is 11.0 Å². The number of β-amino-alcohol motifs (C(OH)–C–C–N with tert-alkyl or cyclic N) is 1. The molecule has 2 N–H and O–H groups in total. The van der Waals surface area contributed by atoms with Crippen molar-refractivity contribution >= 4 is 0 Å². The van der Waals surface area contributed by atoms with E-state index in [0.717, 1.165) is 0 Å². The third kappa shape index (κ3) is 3.72. The number of hydrogen-bond acceptors (Lipinski definition) is 3. The Bertz CT molecular complexity index is 484. The molecule has 0 amide bonds. The van der Waals surface area contributed by atoms with Crippen LogP contribution in [0.2, 0.25) is 0 Å². The normalized spacial score (nSPS) is 21.2. The van der Waals surface area contributed by atoms with Crippen molar-refractivity contribution in [1.29, 1.82) is 0 Å². The second-order valence-corrected chi connectivity index (χ2v) is 5.40. The maximum Gasteiger partial charge on any atom is 0.417 e. The average molecular weight is 307 g/mol. The van der Waals surface area contributed by atoms with Crippen LogP contribution < -0.4 is 0 Å². The molecule has 0 spiro atoms. The second-order valence-electron chi connectivity index (χ2n) is 5.40. The van der Waals surface area contributed by atoms with Gasteiger partial charge in [0.05, 0.1) is 6.10 Å². The number of aliphatic hydroxyl groups excluding tert-OH is 1. The predicted octanol–water partition coefficient (Wildman–Crippen LogP) is 2.25. The minimum atomic E-state index is -4.64. The Morgan fingerprint density at radius 2 is 1.86 bits per heavy atom. The van der Waals surface area contributed by atoms with E-state index >= 15 is 0 Å². The first kappa shape index (κ1) is 16.2. The van der Waals surface area contributed by atoms with Gasteiger partial charge in [0.2, 0.25) is 0 Å². The quantitative estimate of drug-likeness (QED) is 0.842. The zero-order chi connectivity index (χ0) is 15.7. The molecule has 1 saturated heterocycles. The van der Waals surface area contributed by atoms with Crippen LogP contribution in [0, 0.1) is 5.82 Å². The van der Waals surface area contributed by atoms with Crippen LogP contribution >= 0.6 is 0 Å². The second kappa shape index (κ2) is 5.90. The number of nitrogens with zero attached hydrogens (tertiary/aromatic N) is 1. The number of alkyl halides is 3. The molecule has 118 valence electrons. The summed E-state index contributed by atoms with van der Waals surface area (Å²) in [6.07, 6.45) is -6.46. The number of benzene rings is 1. The number of likely N-dealkylation sites (tertiary alicyclic amines) is 1. The predicted molar refractivity (Wildman–Crippen MR) is 68.0 cm³/mol. The Hall–Kier alpha value is -1.18. The molecule has 1 atom stereocenters. The van der Waals surface area contributed by atoms with Gasteiger partial charge in [0.25, 0.3) is 0 Å². The van der Waals surface area contributed by atoms with E-state index in [1.807, 2.05) is 0 Å². The molecule has 7 heteroatoms. The summed E-state index contributed by atoms with van der Waals surface area (Å²) in [5.41, 5.74) is -2.26. The molecule has 3 nitrogen and oxygen atoms in total. The molecule has 1 unspecified atom stereocenters. The molecule has 0 aromatic heterocycles. The third-order valence-corrected chi connectivity index (χ3v) is 3.88. The van der Waals surface area contributed by atoms with Crippen LogP contribution in [0.5, 0.6) is 0 Å². The molecule has 1 aliphatic heterocycles. The number of halogens is 4. The number of piperidine rings is 1. The van der Waals surface area contributed by atoms with E-state index < -0.39 is 36.5 Å². The summed E-state index contributed by atoms with van der Waals surface area (Å²) in [7, 11) is 0. The fourth-order valence-corrected chi connectivity index (χ4v) is 2.45. The first-order chi connectivity index (χ1) is 9.71. The molecule has 21 heavy (non-hydrogen) atoms. The minimum Gasteiger partial charge on any atom is -0.387 e. The Morgan fingerprint density at radius 1 is 1.24 bits per heavy atom. The third-order valence-electron chi connectivity index (χ3n) is 3.88. The van der Waals surface area contributed by atoms with Crippen LogP contribution in [0.15, 0.2) is 24.3 Å². The van der Waals surface area contributed by atoms with Crippen LogP contribution in [0.4, 0.5) is 17.6 Å². The van der Waals surface area contributed by atoms with Gasteiger partial charge in [-0.15, -0.1) is 0 Å². The molecule has 2 rings (SSSR count). The molecule has 1 aromatic carbocycles. The van der Waals surface area contributed by atoms with Crippen molar-refractivity contribution < 1.29 is 27.8 Å². The van der Waals surface area contributed by atoms with Gasteiger partial charge in [0.1, 0.15) is 5.82 Å². The van der Waals surface area contributed by atoms with Crippen molar-refractivity contribution in [3.8, 4) is 0 Å².